The van der Waals surface area contributed by atoms with Crippen LogP contribution in [-0.4, -0.2) is 62.4 Å². The third kappa shape index (κ3) is 3.76. The normalized spacial score (nSPS) is 18.4. The molecule has 1 saturated heterocycles. The largest absolute Gasteiger partial charge is 0.340 e. The number of hydrogen-bond acceptors (Lipinski definition) is 4. The molecule has 6 nitrogen and oxygen atoms in total. The molecule has 0 aromatic carbocycles. The van der Waals surface area contributed by atoms with Crippen molar-refractivity contribution in [2.24, 2.45) is 0 Å². The first-order valence-electron chi connectivity index (χ1n) is 6.84. The monoisotopic (exact) mass is 265 g/mol. The van der Waals surface area contributed by atoms with Crippen molar-refractivity contribution < 1.29 is 4.79 Å². The molecule has 19 heavy (non-hydrogen) atoms. The number of aromatic nitrogens is 3. The average Bonchev–Trinajstić information content (AvgIpc) is 2.69. The lowest BCUT2D eigenvalue weighted by atomic mass is 10.1. The minimum absolute atomic E-state index is 0.104. The highest BCUT2D eigenvalue weighted by molar-refractivity contribution is 5.75. The summed E-state index contributed by atoms with van der Waals surface area (Å²) in [7, 11) is 0. The number of rotatable bonds is 2. The quantitative estimate of drug-likeness (QED) is 0.786. The Bertz CT molecular complexity index is 409. The van der Waals surface area contributed by atoms with Crippen molar-refractivity contribution in [1.29, 1.82) is 0 Å². The highest BCUT2D eigenvalue weighted by atomic mass is 16.2. The summed E-state index contributed by atoms with van der Waals surface area (Å²) in [6, 6.07) is 0. The molecular weight excluding hydrogens is 242 g/mol. The first-order chi connectivity index (χ1) is 8.97. The maximum Gasteiger partial charge on any atom is 0.246 e. The van der Waals surface area contributed by atoms with Crippen LogP contribution in [-0.2, 0) is 11.3 Å². The summed E-state index contributed by atoms with van der Waals surface area (Å²) in [5.41, 5.74) is 0.169. The lowest BCUT2D eigenvalue weighted by Crippen LogP contribution is -2.44. The molecule has 0 aliphatic carbocycles. The third-order valence-electron chi connectivity index (χ3n) is 3.54. The predicted octanol–water partition coefficient (Wildman–Crippen LogP) is 0.611. The summed E-state index contributed by atoms with van der Waals surface area (Å²) in [4.78, 5) is 18.0. The van der Waals surface area contributed by atoms with Crippen molar-refractivity contribution in [3.8, 4) is 0 Å². The summed E-state index contributed by atoms with van der Waals surface area (Å²) in [5, 5.41) is 7.95. The van der Waals surface area contributed by atoms with Gasteiger partial charge in [0.05, 0.1) is 12.4 Å². The predicted molar refractivity (Wildman–Crippen MR) is 72.5 cm³/mol. The number of amides is 1. The zero-order chi connectivity index (χ0) is 13.9. The Morgan fingerprint density at radius 1 is 1.11 bits per heavy atom. The molecule has 2 heterocycles. The Labute approximate surface area is 114 Å². The lowest BCUT2D eigenvalue weighted by Gasteiger charge is -2.34. The van der Waals surface area contributed by atoms with E-state index in [1.165, 1.54) is 4.80 Å². The van der Waals surface area contributed by atoms with Gasteiger partial charge in [-0.25, -0.2) is 0 Å². The fourth-order valence-corrected chi connectivity index (χ4v) is 2.38. The summed E-state index contributed by atoms with van der Waals surface area (Å²) in [6.45, 7) is 10.5. The van der Waals surface area contributed by atoms with Crippen molar-refractivity contribution in [2.45, 2.75) is 39.3 Å². The Morgan fingerprint density at radius 2 is 1.79 bits per heavy atom. The molecule has 0 unspecified atom stereocenters. The standard InChI is InChI=1S/C13H23N5O/c1-13(2,3)17-8-4-7-16(9-10-17)12(19)11-18-14-5-6-15-18/h5-6H,4,7-11H2,1-3H3. The van der Waals surface area contributed by atoms with Gasteiger partial charge in [-0.15, -0.1) is 0 Å². The average molecular weight is 265 g/mol. The molecule has 0 N–H and O–H groups in total. The van der Waals surface area contributed by atoms with E-state index < -0.39 is 0 Å². The van der Waals surface area contributed by atoms with Crippen LogP contribution < -0.4 is 0 Å². The molecule has 0 spiro atoms. The summed E-state index contributed by atoms with van der Waals surface area (Å²) < 4.78 is 0. The fourth-order valence-electron chi connectivity index (χ4n) is 2.38. The van der Waals surface area contributed by atoms with Crippen molar-refractivity contribution in [2.75, 3.05) is 26.2 Å². The van der Waals surface area contributed by atoms with E-state index in [9.17, 15) is 4.79 Å². The first-order valence-corrected chi connectivity index (χ1v) is 6.84. The van der Waals surface area contributed by atoms with Crippen LogP contribution >= 0.6 is 0 Å². The van der Waals surface area contributed by atoms with Crippen LogP contribution in [0.4, 0.5) is 0 Å². The highest BCUT2D eigenvalue weighted by Crippen LogP contribution is 2.16. The second-order valence-corrected chi connectivity index (χ2v) is 5.95. The van der Waals surface area contributed by atoms with Crippen LogP contribution in [0.15, 0.2) is 12.4 Å². The molecule has 0 atom stereocenters. The Morgan fingerprint density at radius 3 is 2.42 bits per heavy atom. The maximum absolute atomic E-state index is 12.2. The van der Waals surface area contributed by atoms with Gasteiger partial charge in [-0.1, -0.05) is 0 Å². The molecule has 106 valence electrons. The molecule has 1 fully saturated rings. The van der Waals surface area contributed by atoms with E-state index in [0.29, 0.717) is 0 Å². The lowest BCUT2D eigenvalue weighted by molar-refractivity contribution is -0.132. The van der Waals surface area contributed by atoms with Crippen molar-refractivity contribution in [3.05, 3.63) is 12.4 Å². The number of hydrogen-bond donors (Lipinski definition) is 0. The van der Waals surface area contributed by atoms with Gasteiger partial charge in [0.25, 0.3) is 0 Å². The second kappa shape index (κ2) is 5.69. The van der Waals surface area contributed by atoms with Gasteiger partial charge in [0.1, 0.15) is 6.54 Å². The molecule has 1 amide bonds. The minimum atomic E-state index is 0.104. The highest BCUT2D eigenvalue weighted by Gasteiger charge is 2.25. The minimum Gasteiger partial charge on any atom is -0.340 e. The van der Waals surface area contributed by atoms with Gasteiger partial charge >= 0.3 is 0 Å². The van der Waals surface area contributed by atoms with Crippen molar-refractivity contribution >= 4 is 5.91 Å². The Kier molecular flexibility index (Phi) is 4.19. The van der Waals surface area contributed by atoms with E-state index in [-0.39, 0.29) is 18.0 Å². The van der Waals surface area contributed by atoms with E-state index >= 15 is 0 Å². The molecule has 1 aromatic heterocycles. The van der Waals surface area contributed by atoms with Gasteiger partial charge < -0.3 is 4.90 Å². The van der Waals surface area contributed by atoms with Crippen LogP contribution in [0, 0.1) is 0 Å². The first kappa shape index (κ1) is 14.0. The Hall–Kier alpha value is -1.43. The maximum atomic E-state index is 12.2. The molecule has 0 bridgehead atoms. The van der Waals surface area contributed by atoms with E-state index in [4.69, 9.17) is 0 Å². The van der Waals surface area contributed by atoms with Gasteiger partial charge in [0.15, 0.2) is 0 Å². The molecule has 1 aromatic rings. The van der Waals surface area contributed by atoms with Crippen LogP contribution in [0.1, 0.15) is 27.2 Å². The van der Waals surface area contributed by atoms with E-state index in [1.54, 1.807) is 12.4 Å². The van der Waals surface area contributed by atoms with Crippen molar-refractivity contribution in [1.82, 2.24) is 24.8 Å². The molecule has 0 radical (unpaired) electrons. The molecule has 2 rings (SSSR count). The molecule has 0 saturated carbocycles. The zero-order valence-corrected chi connectivity index (χ0v) is 12.0. The smallest absolute Gasteiger partial charge is 0.246 e. The SMILES string of the molecule is CC(C)(C)N1CCCN(C(=O)Cn2nccn2)CC1. The van der Waals surface area contributed by atoms with Gasteiger partial charge in [0.2, 0.25) is 5.91 Å². The van der Waals surface area contributed by atoms with Crippen LogP contribution in [0.5, 0.6) is 0 Å². The number of nitrogens with zero attached hydrogens (tertiary/aromatic N) is 5. The van der Waals surface area contributed by atoms with Crippen LogP contribution in [0.25, 0.3) is 0 Å². The van der Waals surface area contributed by atoms with Crippen LogP contribution in [0.3, 0.4) is 0 Å². The third-order valence-corrected chi connectivity index (χ3v) is 3.54. The number of carbonyl (C=O) groups is 1. The van der Waals surface area contributed by atoms with E-state index in [0.717, 1.165) is 32.6 Å². The zero-order valence-electron chi connectivity index (χ0n) is 12.0. The molecule has 1 aliphatic rings. The fraction of sp³-hybridized carbons (Fsp3) is 0.769. The second-order valence-electron chi connectivity index (χ2n) is 5.95. The Balaban J connectivity index is 1.90. The van der Waals surface area contributed by atoms with Crippen molar-refractivity contribution in [3.63, 3.8) is 0 Å². The topological polar surface area (TPSA) is 54.3 Å². The summed E-state index contributed by atoms with van der Waals surface area (Å²) in [5.74, 6) is 0.104. The van der Waals surface area contributed by atoms with Gasteiger partial charge in [0, 0.05) is 31.7 Å². The van der Waals surface area contributed by atoms with Gasteiger partial charge in [-0.2, -0.15) is 15.0 Å². The summed E-state index contributed by atoms with van der Waals surface area (Å²) >= 11 is 0. The molecule has 1 aliphatic heterocycles. The molecular formula is C13H23N5O. The summed E-state index contributed by atoms with van der Waals surface area (Å²) in [6.07, 6.45) is 4.21. The van der Waals surface area contributed by atoms with Crippen LogP contribution in [0.2, 0.25) is 0 Å². The molecule has 6 heteroatoms. The van der Waals surface area contributed by atoms with E-state index in [1.807, 2.05) is 4.90 Å². The van der Waals surface area contributed by atoms with Gasteiger partial charge in [-0.3, -0.25) is 9.69 Å². The van der Waals surface area contributed by atoms with E-state index in [2.05, 4.69) is 35.9 Å². The number of carbonyl (C=O) groups excluding carboxylic acids is 1. The van der Waals surface area contributed by atoms with Gasteiger partial charge in [-0.05, 0) is 27.2 Å².